The number of hydrogen-bond acceptors (Lipinski definition) is 0. The molecule has 116 valence electrons. The molecule has 19 heavy (non-hydrogen) atoms. The third kappa shape index (κ3) is 8.00. The van der Waals surface area contributed by atoms with Gasteiger partial charge in [0.25, 0.3) is 0 Å². The van der Waals surface area contributed by atoms with Crippen molar-refractivity contribution in [3.63, 3.8) is 0 Å². The van der Waals surface area contributed by atoms with Crippen molar-refractivity contribution in [3.8, 4) is 0 Å². The van der Waals surface area contributed by atoms with Crippen LogP contribution in [0.25, 0.3) is 0 Å². The number of hydrogen-bond donors (Lipinski definition) is 0. The third-order valence-corrected chi connectivity index (χ3v) is 5.51. The summed E-state index contributed by atoms with van der Waals surface area (Å²) in [7, 11) is 0. The average Bonchev–Trinajstić information content (AvgIpc) is 2.44. The highest BCUT2D eigenvalue weighted by Crippen LogP contribution is 2.31. The first-order chi connectivity index (χ1) is 9.10. The normalized spacial score (nSPS) is 18.0. The molecule has 0 aromatic rings. The van der Waals surface area contributed by atoms with Crippen molar-refractivity contribution in [1.82, 2.24) is 0 Å². The summed E-state index contributed by atoms with van der Waals surface area (Å²) in [6, 6.07) is 0. The fraction of sp³-hybridized carbons (Fsp3) is 1.00. The second-order valence-electron chi connectivity index (χ2n) is 6.77. The highest BCUT2D eigenvalue weighted by molar-refractivity contribution is 4.71. The zero-order valence-electron chi connectivity index (χ0n) is 14.7. The van der Waals surface area contributed by atoms with Gasteiger partial charge in [0, 0.05) is 0 Å². The van der Waals surface area contributed by atoms with E-state index in [2.05, 4.69) is 41.5 Å². The van der Waals surface area contributed by atoms with Crippen molar-refractivity contribution in [3.05, 3.63) is 0 Å². The van der Waals surface area contributed by atoms with Crippen LogP contribution in [0.1, 0.15) is 99.3 Å². The van der Waals surface area contributed by atoms with Gasteiger partial charge in [0.2, 0.25) is 0 Å². The number of unbranched alkanes of at least 4 members (excludes halogenated alkanes) is 2. The van der Waals surface area contributed by atoms with E-state index in [9.17, 15) is 0 Å². The van der Waals surface area contributed by atoms with Crippen molar-refractivity contribution in [2.45, 2.75) is 99.3 Å². The molecule has 0 fully saturated rings. The van der Waals surface area contributed by atoms with E-state index < -0.39 is 0 Å². The van der Waals surface area contributed by atoms with Gasteiger partial charge in [-0.15, -0.1) is 0 Å². The van der Waals surface area contributed by atoms with Crippen molar-refractivity contribution < 1.29 is 0 Å². The maximum absolute atomic E-state index is 2.47. The van der Waals surface area contributed by atoms with Crippen LogP contribution in [0.2, 0.25) is 0 Å². The molecule has 0 aliphatic rings. The Balaban J connectivity index is 4.22. The topological polar surface area (TPSA) is 0 Å². The molecule has 4 atom stereocenters. The van der Waals surface area contributed by atoms with E-state index in [0.29, 0.717) is 0 Å². The lowest BCUT2D eigenvalue weighted by Crippen LogP contribution is -2.16. The van der Waals surface area contributed by atoms with Crippen LogP contribution in [0.15, 0.2) is 0 Å². The zero-order chi connectivity index (χ0) is 14.7. The summed E-state index contributed by atoms with van der Waals surface area (Å²) in [5, 5.41) is 0. The van der Waals surface area contributed by atoms with Gasteiger partial charge >= 0.3 is 0 Å². The van der Waals surface area contributed by atoms with Gasteiger partial charge in [0.15, 0.2) is 0 Å². The molecule has 0 aromatic carbocycles. The van der Waals surface area contributed by atoms with Gasteiger partial charge in [0.1, 0.15) is 0 Å². The van der Waals surface area contributed by atoms with E-state index in [1.54, 1.807) is 0 Å². The molecule has 0 bridgehead atoms. The summed E-state index contributed by atoms with van der Waals surface area (Å²) in [6.45, 7) is 14.3. The Morgan fingerprint density at radius 1 is 0.579 bits per heavy atom. The van der Waals surface area contributed by atoms with E-state index in [1.165, 1.54) is 57.8 Å². The summed E-state index contributed by atoms with van der Waals surface area (Å²) < 4.78 is 0. The summed E-state index contributed by atoms with van der Waals surface area (Å²) in [5.41, 5.74) is 0. The van der Waals surface area contributed by atoms with Crippen LogP contribution >= 0.6 is 0 Å². The lowest BCUT2D eigenvalue weighted by Gasteiger charge is -2.27. The summed E-state index contributed by atoms with van der Waals surface area (Å²) >= 11 is 0. The molecular weight excluding hydrogens is 228 g/mol. The lowest BCUT2D eigenvalue weighted by atomic mass is 9.78. The van der Waals surface area contributed by atoms with E-state index in [4.69, 9.17) is 0 Å². The Labute approximate surface area is 123 Å². The van der Waals surface area contributed by atoms with E-state index in [-0.39, 0.29) is 0 Å². The van der Waals surface area contributed by atoms with Crippen LogP contribution in [0.3, 0.4) is 0 Å². The Bertz CT molecular complexity index is 184. The molecule has 0 spiro atoms. The van der Waals surface area contributed by atoms with Gasteiger partial charge in [0.05, 0.1) is 0 Å². The molecule has 0 aromatic heterocycles. The van der Waals surface area contributed by atoms with Crippen LogP contribution in [-0.4, -0.2) is 0 Å². The second kappa shape index (κ2) is 11.8. The zero-order valence-corrected chi connectivity index (χ0v) is 14.7. The van der Waals surface area contributed by atoms with E-state index in [0.717, 1.165) is 23.7 Å². The highest BCUT2D eigenvalue weighted by atomic mass is 14.3. The van der Waals surface area contributed by atoms with Gasteiger partial charge in [-0.1, -0.05) is 86.5 Å². The van der Waals surface area contributed by atoms with Gasteiger partial charge < -0.3 is 0 Å². The fourth-order valence-electron chi connectivity index (χ4n) is 3.36. The molecule has 0 saturated heterocycles. The minimum absolute atomic E-state index is 0.915. The summed E-state index contributed by atoms with van der Waals surface area (Å²) in [6.07, 6.45) is 12.7. The average molecular weight is 269 g/mol. The molecule has 0 heterocycles. The molecule has 0 radical (unpaired) electrons. The first-order valence-corrected chi connectivity index (χ1v) is 9.10. The van der Waals surface area contributed by atoms with Crippen molar-refractivity contribution >= 4 is 0 Å². The molecule has 0 rings (SSSR count). The maximum Gasteiger partial charge on any atom is -0.0388 e. The molecule has 0 aliphatic heterocycles. The van der Waals surface area contributed by atoms with Gasteiger partial charge in [-0.25, -0.2) is 0 Å². The van der Waals surface area contributed by atoms with Crippen molar-refractivity contribution in [2.75, 3.05) is 0 Å². The molecule has 0 N–H and O–H groups in total. The van der Waals surface area contributed by atoms with Crippen molar-refractivity contribution in [2.24, 2.45) is 23.7 Å². The van der Waals surface area contributed by atoms with Crippen LogP contribution in [-0.2, 0) is 0 Å². The Morgan fingerprint density at radius 3 is 1.58 bits per heavy atom. The maximum atomic E-state index is 2.47. The molecule has 0 nitrogen and oxygen atoms in total. The van der Waals surface area contributed by atoms with Crippen LogP contribution in [0, 0.1) is 23.7 Å². The smallest absolute Gasteiger partial charge is 0.0388 e. The number of rotatable bonds is 12. The summed E-state index contributed by atoms with van der Waals surface area (Å²) in [5.74, 6) is 3.78. The molecule has 0 saturated carbocycles. The van der Waals surface area contributed by atoms with Crippen LogP contribution < -0.4 is 0 Å². The SMILES string of the molecule is CCCCCC(CCC(CC)C(C)CC)C(C)CC. The first kappa shape index (κ1) is 19.0. The second-order valence-corrected chi connectivity index (χ2v) is 6.77. The standard InChI is InChI=1S/C19H40/c1-7-11-12-13-19(17(6)9-3)15-14-18(10-4)16(5)8-2/h16-19H,7-15H2,1-6H3. The van der Waals surface area contributed by atoms with Gasteiger partial charge in [-0.2, -0.15) is 0 Å². The Hall–Kier alpha value is 0. The molecule has 0 aliphatic carbocycles. The fourth-order valence-corrected chi connectivity index (χ4v) is 3.36. The monoisotopic (exact) mass is 268 g/mol. The molecule has 0 amide bonds. The lowest BCUT2D eigenvalue weighted by molar-refractivity contribution is 0.239. The van der Waals surface area contributed by atoms with Gasteiger partial charge in [-0.05, 0) is 36.5 Å². The Morgan fingerprint density at radius 2 is 1.11 bits per heavy atom. The summed E-state index contributed by atoms with van der Waals surface area (Å²) in [4.78, 5) is 0. The minimum atomic E-state index is 0.915. The van der Waals surface area contributed by atoms with Crippen LogP contribution in [0.4, 0.5) is 0 Å². The molecule has 4 unspecified atom stereocenters. The minimum Gasteiger partial charge on any atom is -0.0654 e. The Kier molecular flexibility index (Phi) is 11.8. The van der Waals surface area contributed by atoms with Crippen LogP contribution in [0.5, 0.6) is 0 Å². The predicted octanol–water partition coefficient (Wildman–Crippen LogP) is 7.08. The van der Waals surface area contributed by atoms with E-state index in [1.807, 2.05) is 0 Å². The quantitative estimate of drug-likeness (QED) is 0.332. The largest absolute Gasteiger partial charge is 0.0654 e. The predicted molar refractivity (Wildman–Crippen MR) is 89.6 cm³/mol. The van der Waals surface area contributed by atoms with E-state index >= 15 is 0 Å². The van der Waals surface area contributed by atoms with Crippen molar-refractivity contribution in [1.29, 1.82) is 0 Å². The molecule has 0 heteroatoms. The highest BCUT2D eigenvalue weighted by Gasteiger charge is 2.19. The third-order valence-electron chi connectivity index (χ3n) is 5.51. The first-order valence-electron chi connectivity index (χ1n) is 9.10. The van der Waals surface area contributed by atoms with Gasteiger partial charge in [-0.3, -0.25) is 0 Å². The molecular formula is C19H40.